The van der Waals surface area contributed by atoms with Gasteiger partial charge in [-0.2, -0.15) is 0 Å². The summed E-state index contributed by atoms with van der Waals surface area (Å²) in [7, 11) is 0. The van der Waals surface area contributed by atoms with Crippen molar-refractivity contribution in [1.29, 1.82) is 0 Å². The van der Waals surface area contributed by atoms with Gasteiger partial charge in [0.1, 0.15) is 6.29 Å². The summed E-state index contributed by atoms with van der Waals surface area (Å²) in [6, 6.07) is 25.0. The molecule has 7 nitrogen and oxygen atoms in total. The van der Waals surface area contributed by atoms with Gasteiger partial charge in [-0.1, -0.05) is 79.7 Å². The Morgan fingerprint density at radius 1 is 0.519 bits per heavy atom. The van der Waals surface area contributed by atoms with E-state index < -0.39 is 5.97 Å². The van der Waals surface area contributed by atoms with Gasteiger partial charge in [-0.15, -0.1) is 0 Å². The molecule has 2 aliphatic carbocycles. The molecule has 2 amide bonds. The number of carboxylic acids is 1. The molecule has 8 heteroatoms. The summed E-state index contributed by atoms with van der Waals surface area (Å²) in [5, 5.41) is 14.9. The molecule has 6 rings (SSSR count). The number of aromatic carboxylic acids is 1. The van der Waals surface area contributed by atoms with E-state index >= 15 is 0 Å². The molecular formula is C44H50AmN2O5. The zero-order valence-electron chi connectivity index (χ0n) is 31.4. The van der Waals surface area contributed by atoms with E-state index in [0.717, 1.165) is 36.9 Å². The number of hydrogen-bond acceptors (Lipinski definition) is 4. The first-order chi connectivity index (χ1) is 23.8. The van der Waals surface area contributed by atoms with Crippen molar-refractivity contribution in [2.45, 2.75) is 103 Å². The maximum Gasteiger partial charge on any atom is 0.335 e. The van der Waals surface area contributed by atoms with Crippen LogP contribution in [0.5, 0.6) is 0 Å². The predicted octanol–water partition coefficient (Wildman–Crippen LogP) is 10.1. The van der Waals surface area contributed by atoms with Crippen molar-refractivity contribution < 1.29 is 38.6 Å². The zero-order valence-corrected chi connectivity index (χ0v) is 34.6. The van der Waals surface area contributed by atoms with Crippen LogP contribution in [-0.2, 0) is 21.7 Å². The van der Waals surface area contributed by atoms with E-state index in [4.69, 9.17) is 5.11 Å². The van der Waals surface area contributed by atoms with E-state index in [9.17, 15) is 19.2 Å². The van der Waals surface area contributed by atoms with Crippen molar-refractivity contribution in [1.82, 2.24) is 0 Å². The number of amides is 2. The molecule has 0 heterocycles. The van der Waals surface area contributed by atoms with Gasteiger partial charge in [-0.3, -0.25) is 14.4 Å². The van der Waals surface area contributed by atoms with Crippen LogP contribution in [0.25, 0.3) is 0 Å². The predicted molar refractivity (Wildman–Crippen MR) is 205 cm³/mol. The minimum atomic E-state index is -1.00. The molecule has 0 saturated heterocycles. The average Bonchev–Trinajstić information content (AvgIpc) is 3.09. The Morgan fingerprint density at radius 3 is 1.19 bits per heavy atom. The number of carbonyl (C=O) groups excluding carboxylic acids is 3. The number of nitrogens with one attached hydrogen (secondary N) is 2. The summed E-state index contributed by atoms with van der Waals surface area (Å²) >= 11 is 0. The van der Waals surface area contributed by atoms with Crippen LogP contribution in [0.2, 0.25) is 0 Å². The summed E-state index contributed by atoms with van der Waals surface area (Å²) < 4.78 is 0. The fraction of sp³-hybridized carbons (Fsp3) is 0.364. The number of rotatable bonds is 6. The molecule has 4 aromatic carbocycles. The van der Waals surface area contributed by atoms with Gasteiger partial charge in [0.2, 0.25) is 0 Å². The van der Waals surface area contributed by atoms with Crippen molar-refractivity contribution in [2.75, 3.05) is 10.6 Å². The molecule has 0 fully saturated rings. The topological polar surface area (TPSA) is 113 Å². The third kappa shape index (κ3) is 8.68. The average molecular weight is 930 g/mol. The van der Waals surface area contributed by atoms with Crippen LogP contribution in [0.15, 0.2) is 84.9 Å². The van der Waals surface area contributed by atoms with Crippen LogP contribution in [0, 0.1) is 14.3 Å². The summed E-state index contributed by atoms with van der Waals surface area (Å²) in [5.74, 6) is -1.41. The normalized spacial score (nSPS) is 17.0. The Labute approximate surface area is 315 Å². The Morgan fingerprint density at radius 2 is 0.846 bits per heavy atom. The van der Waals surface area contributed by atoms with E-state index in [-0.39, 0.29) is 53.3 Å². The Kier molecular flexibility index (Phi) is 11.7. The SMILES string of the molecule is CC1(C)CCC(C)(C)c2cc(NC(=O)c3ccc(C(=O)O)cc3)ccc21.CC1(C)CCC(C)(C)c2cc(NC(=O)c3ccc(C=O)cc3)ccc21.[Am]. The summed E-state index contributed by atoms with van der Waals surface area (Å²) in [6.07, 6.45) is 5.34. The number of aldehydes is 1. The fourth-order valence-electron chi connectivity index (χ4n) is 7.22. The number of benzene rings is 4. The molecule has 0 saturated carbocycles. The van der Waals surface area contributed by atoms with Crippen molar-refractivity contribution in [3.05, 3.63) is 129 Å². The smallest absolute Gasteiger partial charge is 0.335 e. The fourth-order valence-corrected chi connectivity index (χ4v) is 7.22. The van der Waals surface area contributed by atoms with Crippen molar-refractivity contribution in [2.24, 2.45) is 0 Å². The molecule has 52 heavy (non-hydrogen) atoms. The van der Waals surface area contributed by atoms with Gasteiger partial charge in [0.05, 0.1) is 5.56 Å². The standard InChI is InChI=1S/C22H25NO3.C22H25NO2.Am/c1-21(2)11-12-22(3,4)18-13-16(9-10-17(18)21)23-19(24)14-5-7-15(8-6-14)20(25)26;1-21(2)11-12-22(3,4)19-13-17(9-10-18(19)21)23-20(25)16-7-5-15(14-24)6-8-16;/h5-10,13H,11-12H2,1-4H3,(H,23,24)(H,25,26);5-10,13-14H,11-12H2,1-4H3,(H,23,25);. The molecule has 3 N–H and O–H groups in total. The molecule has 0 aromatic heterocycles. The van der Waals surface area contributed by atoms with Crippen molar-refractivity contribution in [3.8, 4) is 0 Å². The molecule has 2 aliphatic rings. The number of hydrogen-bond donors (Lipinski definition) is 3. The maximum absolute atomic E-state index is 12.5. The van der Waals surface area contributed by atoms with Crippen molar-refractivity contribution in [3.63, 3.8) is 0 Å². The zero-order chi connectivity index (χ0) is 37.4. The first-order valence-corrected chi connectivity index (χ1v) is 17.6. The third-order valence-electron chi connectivity index (χ3n) is 10.9. The summed E-state index contributed by atoms with van der Waals surface area (Å²) in [6.45, 7) is 18.1. The Bertz CT molecular complexity index is 1980. The Balaban J connectivity index is 0.000000228. The molecule has 0 aliphatic heterocycles. The summed E-state index contributed by atoms with van der Waals surface area (Å²) in [4.78, 5) is 46.6. The minimum absolute atomic E-state index is 0. The van der Waals surface area contributed by atoms with Crippen LogP contribution in [0.1, 0.15) is 145 Å². The van der Waals surface area contributed by atoms with Gasteiger partial charge in [0.15, 0.2) is 0 Å². The number of carboxylic acid groups (broad SMARTS) is 1. The molecule has 0 unspecified atom stereocenters. The van der Waals surface area contributed by atoms with Gasteiger partial charge in [0, 0.05) is 42.3 Å². The van der Waals surface area contributed by atoms with Crippen LogP contribution in [0.3, 0.4) is 0 Å². The van der Waals surface area contributed by atoms with E-state index in [1.165, 1.54) is 52.9 Å². The van der Waals surface area contributed by atoms with E-state index in [1.807, 2.05) is 12.1 Å². The van der Waals surface area contributed by atoms with Gasteiger partial charge >= 0.3 is 5.97 Å². The molecule has 273 valence electrons. The third-order valence-corrected chi connectivity index (χ3v) is 10.9. The molecule has 0 spiro atoms. The number of carbonyl (C=O) groups is 4. The first-order valence-electron chi connectivity index (χ1n) is 17.6. The second-order valence-electron chi connectivity index (χ2n) is 16.6. The molecule has 0 atom stereocenters. The second kappa shape index (κ2) is 15.1. The number of anilines is 2. The first kappa shape index (κ1) is 40.1. The van der Waals surface area contributed by atoms with E-state index in [1.54, 1.807) is 24.3 Å². The van der Waals surface area contributed by atoms with Crippen LogP contribution in [0.4, 0.5) is 11.4 Å². The van der Waals surface area contributed by atoms with Crippen LogP contribution in [-0.4, -0.2) is 29.2 Å². The van der Waals surface area contributed by atoms with Gasteiger partial charge < -0.3 is 15.7 Å². The van der Waals surface area contributed by atoms with Gasteiger partial charge in [0.25, 0.3) is 11.8 Å². The molecule has 4 aromatic rings. The molecular weight excluding hydrogens is 879 g/mol. The van der Waals surface area contributed by atoms with Crippen LogP contribution >= 0.6 is 0 Å². The van der Waals surface area contributed by atoms with E-state index in [2.05, 4.69) is 90.3 Å². The second-order valence-corrected chi connectivity index (χ2v) is 16.6. The largest absolute Gasteiger partial charge is 0.478 e. The monoisotopic (exact) mass is 927 g/mol. The Hall–Kier alpha value is -4.65. The molecule has 0 bridgehead atoms. The quantitative estimate of drug-likeness (QED) is 0.167. The van der Waals surface area contributed by atoms with Crippen molar-refractivity contribution >= 4 is 35.4 Å². The van der Waals surface area contributed by atoms with Gasteiger partial charge in [-0.25, -0.2) is 4.79 Å². The maximum atomic E-state index is 12.5. The van der Waals surface area contributed by atoms with E-state index in [0.29, 0.717) is 16.7 Å². The molecule has 1 radical (unpaired) electrons. The number of fused-ring (bicyclic) bond motifs is 2. The van der Waals surface area contributed by atoms with Crippen LogP contribution < -0.4 is 10.6 Å². The minimum Gasteiger partial charge on any atom is -0.478 e. The van der Waals surface area contributed by atoms with Gasteiger partial charge in [-0.05, 0) is 130 Å². The summed E-state index contributed by atoms with van der Waals surface area (Å²) in [5.41, 5.74) is 9.10.